The summed E-state index contributed by atoms with van der Waals surface area (Å²) < 4.78 is 12.8. The van der Waals surface area contributed by atoms with E-state index in [2.05, 4.69) is 50.4 Å². The van der Waals surface area contributed by atoms with E-state index in [4.69, 9.17) is 0 Å². The van der Waals surface area contributed by atoms with Crippen LogP contribution in [0.3, 0.4) is 0 Å². The average molecular weight is 280 g/mol. The molecule has 1 aliphatic heterocycles. The highest BCUT2D eigenvalue weighted by Crippen LogP contribution is 2.20. The van der Waals surface area contributed by atoms with Crippen molar-refractivity contribution in [2.45, 2.75) is 45.7 Å². The van der Waals surface area contributed by atoms with Crippen LogP contribution in [0.25, 0.3) is 0 Å². The first-order valence-electron chi connectivity index (χ1n) is 7.42. The summed E-state index contributed by atoms with van der Waals surface area (Å²) in [6, 6.07) is 1.12. The van der Waals surface area contributed by atoms with E-state index in [0.29, 0.717) is 12.1 Å². The second-order valence-corrected chi connectivity index (χ2v) is 6.13. The number of nitrogens with zero attached hydrogens (tertiary/aromatic N) is 2. The summed E-state index contributed by atoms with van der Waals surface area (Å²) in [6.07, 6.45) is 5.99. The molecule has 3 heteroatoms. The zero-order chi connectivity index (χ0) is 15.3. The van der Waals surface area contributed by atoms with E-state index in [-0.39, 0.29) is 5.83 Å². The Labute approximate surface area is 123 Å². The first-order valence-corrected chi connectivity index (χ1v) is 7.42. The Bertz CT molecular complexity index is 388. The van der Waals surface area contributed by atoms with Gasteiger partial charge in [-0.2, -0.15) is 0 Å². The van der Waals surface area contributed by atoms with E-state index in [1.807, 2.05) is 6.92 Å². The fraction of sp³-hybridized carbons (Fsp3) is 0.647. The molecule has 114 valence electrons. The molecule has 20 heavy (non-hydrogen) atoms. The Morgan fingerprint density at radius 2 is 1.80 bits per heavy atom. The lowest BCUT2D eigenvalue weighted by atomic mass is 9.99. The third-order valence-corrected chi connectivity index (χ3v) is 4.28. The van der Waals surface area contributed by atoms with Crippen molar-refractivity contribution in [2.24, 2.45) is 0 Å². The predicted octanol–water partition coefficient (Wildman–Crippen LogP) is 3.78. The zero-order valence-electron chi connectivity index (χ0n) is 13.6. The molecule has 0 bridgehead atoms. The third-order valence-electron chi connectivity index (χ3n) is 4.28. The molecule has 0 saturated carbocycles. The van der Waals surface area contributed by atoms with Gasteiger partial charge in [0.25, 0.3) is 0 Å². The van der Waals surface area contributed by atoms with Crippen molar-refractivity contribution in [1.29, 1.82) is 0 Å². The van der Waals surface area contributed by atoms with Crippen molar-refractivity contribution in [3.8, 4) is 0 Å². The Morgan fingerprint density at radius 3 is 2.25 bits per heavy atom. The smallest absolute Gasteiger partial charge is 0.116 e. The molecule has 0 aromatic heterocycles. The van der Waals surface area contributed by atoms with Crippen molar-refractivity contribution in [3.05, 3.63) is 35.7 Å². The number of piperidine rings is 1. The summed E-state index contributed by atoms with van der Waals surface area (Å²) >= 11 is 0. The number of halogens is 1. The molecule has 1 aliphatic rings. The van der Waals surface area contributed by atoms with E-state index >= 15 is 0 Å². The van der Waals surface area contributed by atoms with Crippen LogP contribution >= 0.6 is 0 Å². The van der Waals surface area contributed by atoms with Crippen LogP contribution in [0.5, 0.6) is 0 Å². The maximum absolute atomic E-state index is 12.8. The highest BCUT2D eigenvalue weighted by atomic mass is 19.1. The summed E-state index contributed by atoms with van der Waals surface area (Å²) in [4.78, 5) is 4.84. The minimum Gasteiger partial charge on any atom is -0.306 e. The molecule has 1 unspecified atom stereocenters. The van der Waals surface area contributed by atoms with Gasteiger partial charge in [0.2, 0.25) is 0 Å². The van der Waals surface area contributed by atoms with Crippen LogP contribution in [0.15, 0.2) is 35.7 Å². The molecule has 0 aliphatic carbocycles. The van der Waals surface area contributed by atoms with Gasteiger partial charge in [0, 0.05) is 25.2 Å². The summed E-state index contributed by atoms with van der Waals surface area (Å²) in [7, 11) is 4.32. The molecule has 0 spiro atoms. The lowest BCUT2D eigenvalue weighted by Gasteiger charge is -2.38. The van der Waals surface area contributed by atoms with Gasteiger partial charge in [0.1, 0.15) is 5.83 Å². The highest BCUT2D eigenvalue weighted by Gasteiger charge is 2.24. The Hall–Kier alpha value is -0.930. The summed E-state index contributed by atoms with van der Waals surface area (Å²) in [6.45, 7) is 11.8. The maximum Gasteiger partial charge on any atom is 0.116 e. The summed E-state index contributed by atoms with van der Waals surface area (Å²) in [5.74, 6) is -0.383. The van der Waals surface area contributed by atoms with Gasteiger partial charge in [-0.25, -0.2) is 4.39 Å². The monoisotopic (exact) mass is 280 g/mol. The molecule has 1 saturated heterocycles. The molecule has 1 rings (SSSR count). The first kappa shape index (κ1) is 17.1. The molecule has 0 N–H and O–H groups in total. The Kier molecular flexibility index (Phi) is 6.63. The van der Waals surface area contributed by atoms with Gasteiger partial charge in [-0.1, -0.05) is 18.2 Å². The van der Waals surface area contributed by atoms with Crippen LogP contribution in [-0.2, 0) is 0 Å². The second kappa shape index (κ2) is 7.75. The van der Waals surface area contributed by atoms with Crippen LogP contribution in [0.1, 0.15) is 33.6 Å². The van der Waals surface area contributed by atoms with E-state index in [9.17, 15) is 4.39 Å². The van der Waals surface area contributed by atoms with E-state index in [1.165, 1.54) is 24.5 Å². The Balaban J connectivity index is 2.60. The standard InChI is InChI=1S/C17H29FN2/c1-13(12-15(3)18)11-14(2)16(4)20-9-7-17(8-10-20)19(5)6/h11-12,16-17H,3,7-10H2,1-2,4-6H3/b13-12-,14-11-. The zero-order valence-corrected chi connectivity index (χ0v) is 13.6. The molecular weight excluding hydrogens is 251 g/mol. The topological polar surface area (TPSA) is 6.48 Å². The van der Waals surface area contributed by atoms with Crippen molar-refractivity contribution < 1.29 is 4.39 Å². The minimum absolute atomic E-state index is 0.383. The van der Waals surface area contributed by atoms with Crippen LogP contribution < -0.4 is 0 Å². The number of likely N-dealkylation sites (tertiary alicyclic amines) is 1. The fourth-order valence-corrected chi connectivity index (χ4v) is 2.85. The van der Waals surface area contributed by atoms with E-state index in [1.54, 1.807) is 0 Å². The summed E-state index contributed by atoms with van der Waals surface area (Å²) in [5.41, 5.74) is 2.20. The first-order chi connectivity index (χ1) is 9.31. The van der Waals surface area contributed by atoms with Crippen molar-refractivity contribution >= 4 is 0 Å². The van der Waals surface area contributed by atoms with Crippen molar-refractivity contribution in [3.63, 3.8) is 0 Å². The van der Waals surface area contributed by atoms with E-state index < -0.39 is 0 Å². The number of hydrogen-bond acceptors (Lipinski definition) is 2. The molecular formula is C17H29FN2. The van der Waals surface area contributed by atoms with Crippen molar-refractivity contribution in [1.82, 2.24) is 9.80 Å². The van der Waals surface area contributed by atoms with Gasteiger partial charge in [0.05, 0.1) is 0 Å². The average Bonchev–Trinajstić information content (AvgIpc) is 2.36. The lowest BCUT2D eigenvalue weighted by molar-refractivity contribution is 0.126. The predicted molar refractivity (Wildman–Crippen MR) is 85.5 cm³/mol. The molecule has 0 aromatic carbocycles. The molecule has 1 fully saturated rings. The number of allylic oxidation sites excluding steroid dienone is 4. The number of hydrogen-bond donors (Lipinski definition) is 0. The fourth-order valence-electron chi connectivity index (χ4n) is 2.85. The van der Waals surface area contributed by atoms with Gasteiger partial charge < -0.3 is 4.90 Å². The molecule has 0 radical (unpaired) electrons. The largest absolute Gasteiger partial charge is 0.306 e. The van der Waals surface area contributed by atoms with Gasteiger partial charge >= 0.3 is 0 Å². The van der Waals surface area contributed by atoms with Gasteiger partial charge in [-0.15, -0.1) is 0 Å². The maximum atomic E-state index is 12.8. The summed E-state index contributed by atoms with van der Waals surface area (Å²) in [5, 5.41) is 0. The Morgan fingerprint density at radius 1 is 1.25 bits per heavy atom. The van der Waals surface area contributed by atoms with Gasteiger partial charge in [-0.3, -0.25) is 4.90 Å². The molecule has 0 amide bonds. The molecule has 1 heterocycles. The van der Waals surface area contributed by atoms with Crippen LogP contribution in [0, 0.1) is 0 Å². The lowest BCUT2D eigenvalue weighted by Crippen LogP contribution is -2.45. The van der Waals surface area contributed by atoms with Crippen LogP contribution in [0.2, 0.25) is 0 Å². The van der Waals surface area contributed by atoms with Gasteiger partial charge in [0.15, 0.2) is 0 Å². The highest BCUT2D eigenvalue weighted by molar-refractivity contribution is 5.28. The number of rotatable bonds is 5. The second-order valence-electron chi connectivity index (χ2n) is 6.13. The van der Waals surface area contributed by atoms with Gasteiger partial charge in [-0.05, 0) is 59.4 Å². The molecule has 0 aromatic rings. The quantitative estimate of drug-likeness (QED) is 0.707. The molecule has 2 nitrogen and oxygen atoms in total. The van der Waals surface area contributed by atoms with Crippen LogP contribution in [-0.4, -0.2) is 49.1 Å². The van der Waals surface area contributed by atoms with Crippen molar-refractivity contribution in [2.75, 3.05) is 27.2 Å². The van der Waals surface area contributed by atoms with E-state index in [0.717, 1.165) is 18.7 Å². The normalized spacial score (nSPS) is 21.4. The SMILES string of the molecule is C=C(F)/C=C(C)\C=C(\C)C(C)N1CCC(N(C)C)CC1. The third kappa shape index (κ3) is 5.22. The van der Waals surface area contributed by atoms with Crippen LogP contribution in [0.4, 0.5) is 4.39 Å². The minimum atomic E-state index is -0.383. The molecule has 1 atom stereocenters.